The van der Waals surface area contributed by atoms with Crippen LogP contribution in [-0.2, 0) is 4.79 Å². The molecule has 142 valence electrons. The molecule has 0 bridgehead atoms. The van der Waals surface area contributed by atoms with Crippen molar-refractivity contribution in [1.82, 2.24) is 0 Å². The predicted octanol–water partition coefficient (Wildman–Crippen LogP) is 4.02. The molecule has 2 amide bonds. The minimum absolute atomic E-state index is 0.198. The quantitative estimate of drug-likeness (QED) is 0.581. The normalized spacial score (nSPS) is 11.3. The average molecular weight is 375 g/mol. The van der Waals surface area contributed by atoms with E-state index >= 15 is 0 Å². The van der Waals surface area contributed by atoms with Gasteiger partial charge in [0.2, 0.25) is 11.8 Å². The molecule has 6 heteroatoms. The fraction of sp³-hybridized carbons (Fsp3) is 0.0909. The zero-order valence-corrected chi connectivity index (χ0v) is 15.4. The standard InChI is InChI=1S/C22H21N3O3/c1-15(22(27)25-18-9-7-16(8-10-18)21(23)26)24-17-11-13-20(14-12-17)28-19-5-3-2-4-6-19/h2-15,24H,1H3,(H2,23,26)(H,25,27). The van der Waals surface area contributed by atoms with Crippen molar-refractivity contribution in [2.75, 3.05) is 10.6 Å². The average Bonchev–Trinajstić information content (AvgIpc) is 2.70. The summed E-state index contributed by atoms with van der Waals surface area (Å²) in [5, 5.41) is 5.93. The number of para-hydroxylation sites is 1. The van der Waals surface area contributed by atoms with Gasteiger partial charge in [0, 0.05) is 16.9 Å². The maximum Gasteiger partial charge on any atom is 0.248 e. The summed E-state index contributed by atoms with van der Waals surface area (Å²) in [5.41, 5.74) is 6.99. The number of nitrogens with two attached hydrogens (primary N) is 1. The third kappa shape index (κ3) is 5.11. The highest BCUT2D eigenvalue weighted by atomic mass is 16.5. The van der Waals surface area contributed by atoms with Gasteiger partial charge in [0.1, 0.15) is 17.5 Å². The Morgan fingerprint density at radius 3 is 2.00 bits per heavy atom. The maximum absolute atomic E-state index is 12.4. The molecular formula is C22H21N3O3. The lowest BCUT2D eigenvalue weighted by atomic mass is 10.2. The van der Waals surface area contributed by atoms with Crippen molar-refractivity contribution in [2.45, 2.75) is 13.0 Å². The highest BCUT2D eigenvalue weighted by Gasteiger charge is 2.13. The van der Waals surface area contributed by atoms with E-state index in [0.717, 1.165) is 11.4 Å². The number of nitrogens with one attached hydrogen (secondary N) is 2. The number of carbonyl (C=O) groups is 2. The first-order chi connectivity index (χ1) is 13.5. The smallest absolute Gasteiger partial charge is 0.248 e. The summed E-state index contributed by atoms with van der Waals surface area (Å²) in [6.07, 6.45) is 0. The van der Waals surface area contributed by atoms with Crippen molar-refractivity contribution < 1.29 is 14.3 Å². The summed E-state index contributed by atoms with van der Waals surface area (Å²) in [7, 11) is 0. The Kier molecular flexibility index (Phi) is 5.91. The van der Waals surface area contributed by atoms with Crippen LogP contribution in [0.25, 0.3) is 0 Å². The maximum atomic E-state index is 12.4. The number of hydrogen-bond acceptors (Lipinski definition) is 4. The summed E-state index contributed by atoms with van der Waals surface area (Å²) < 4.78 is 5.75. The Hall–Kier alpha value is -3.80. The number of amides is 2. The van der Waals surface area contributed by atoms with Crippen LogP contribution in [0.15, 0.2) is 78.9 Å². The second-order valence-electron chi connectivity index (χ2n) is 6.24. The van der Waals surface area contributed by atoms with E-state index in [1.165, 1.54) is 0 Å². The van der Waals surface area contributed by atoms with Crippen molar-refractivity contribution in [3.63, 3.8) is 0 Å². The number of carbonyl (C=O) groups excluding carboxylic acids is 2. The Labute approximate surface area is 163 Å². The van der Waals surface area contributed by atoms with Crippen molar-refractivity contribution in [1.29, 1.82) is 0 Å². The lowest BCUT2D eigenvalue weighted by Crippen LogP contribution is -2.31. The Morgan fingerprint density at radius 1 is 0.821 bits per heavy atom. The van der Waals surface area contributed by atoms with Crippen LogP contribution < -0.4 is 21.1 Å². The van der Waals surface area contributed by atoms with Gasteiger partial charge in [-0.2, -0.15) is 0 Å². The van der Waals surface area contributed by atoms with Crippen LogP contribution in [0, 0.1) is 0 Å². The minimum Gasteiger partial charge on any atom is -0.457 e. The lowest BCUT2D eigenvalue weighted by molar-refractivity contribution is -0.116. The molecule has 4 N–H and O–H groups in total. The molecule has 0 aliphatic rings. The lowest BCUT2D eigenvalue weighted by Gasteiger charge is -2.16. The van der Waals surface area contributed by atoms with Gasteiger partial charge in [-0.15, -0.1) is 0 Å². The molecule has 0 radical (unpaired) electrons. The number of ether oxygens (including phenoxy) is 1. The van der Waals surface area contributed by atoms with Gasteiger partial charge in [0.15, 0.2) is 0 Å². The fourth-order valence-corrected chi connectivity index (χ4v) is 2.53. The van der Waals surface area contributed by atoms with Gasteiger partial charge in [0.05, 0.1) is 0 Å². The third-order valence-electron chi connectivity index (χ3n) is 4.05. The van der Waals surface area contributed by atoms with Crippen LogP contribution in [0.4, 0.5) is 11.4 Å². The predicted molar refractivity (Wildman–Crippen MR) is 110 cm³/mol. The van der Waals surface area contributed by atoms with Crippen molar-refractivity contribution in [3.05, 3.63) is 84.4 Å². The van der Waals surface area contributed by atoms with Gasteiger partial charge in [0.25, 0.3) is 0 Å². The SMILES string of the molecule is CC(Nc1ccc(Oc2ccccc2)cc1)C(=O)Nc1ccc(C(N)=O)cc1. The summed E-state index contributed by atoms with van der Waals surface area (Å²) in [6.45, 7) is 1.77. The van der Waals surface area contributed by atoms with Crippen LogP contribution in [0.1, 0.15) is 17.3 Å². The van der Waals surface area contributed by atoms with Gasteiger partial charge < -0.3 is 21.1 Å². The van der Waals surface area contributed by atoms with E-state index in [1.54, 1.807) is 31.2 Å². The van der Waals surface area contributed by atoms with E-state index in [-0.39, 0.29) is 5.91 Å². The second-order valence-corrected chi connectivity index (χ2v) is 6.24. The molecule has 28 heavy (non-hydrogen) atoms. The number of primary amides is 1. The largest absolute Gasteiger partial charge is 0.457 e. The van der Waals surface area contributed by atoms with Gasteiger partial charge >= 0.3 is 0 Å². The minimum atomic E-state index is -0.507. The number of hydrogen-bond donors (Lipinski definition) is 3. The van der Waals surface area contributed by atoms with E-state index in [1.807, 2.05) is 54.6 Å². The van der Waals surface area contributed by atoms with Crippen molar-refractivity contribution in [3.8, 4) is 11.5 Å². The fourth-order valence-electron chi connectivity index (χ4n) is 2.53. The molecular weight excluding hydrogens is 354 g/mol. The first-order valence-electron chi connectivity index (χ1n) is 8.81. The van der Waals surface area contributed by atoms with Crippen LogP contribution in [0.3, 0.4) is 0 Å². The molecule has 1 atom stereocenters. The van der Waals surface area contributed by atoms with E-state index in [0.29, 0.717) is 17.0 Å². The highest BCUT2D eigenvalue weighted by molar-refractivity contribution is 5.97. The Morgan fingerprint density at radius 2 is 1.39 bits per heavy atom. The molecule has 0 aliphatic carbocycles. The molecule has 3 aromatic carbocycles. The van der Waals surface area contributed by atoms with Crippen LogP contribution in [0.2, 0.25) is 0 Å². The molecule has 3 rings (SSSR count). The zero-order chi connectivity index (χ0) is 19.9. The van der Waals surface area contributed by atoms with E-state index in [9.17, 15) is 9.59 Å². The summed E-state index contributed by atoms with van der Waals surface area (Å²) in [4.78, 5) is 23.4. The third-order valence-corrected chi connectivity index (χ3v) is 4.05. The molecule has 6 nitrogen and oxygen atoms in total. The number of anilines is 2. The van der Waals surface area contributed by atoms with Gasteiger partial charge in [-0.05, 0) is 67.6 Å². The summed E-state index contributed by atoms with van der Waals surface area (Å²) in [6, 6.07) is 22.8. The van der Waals surface area contributed by atoms with Crippen molar-refractivity contribution in [2.24, 2.45) is 5.73 Å². The number of rotatable bonds is 7. The Balaban J connectivity index is 1.55. The van der Waals surface area contributed by atoms with E-state index in [2.05, 4.69) is 10.6 Å². The first-order valence-corrected chi connectivity index (χ1v) is 8.81. The topological polar surface area (TPSA) is 93.4 Å². The van der Waals surface area contributed by atoms with Crippen LogP contribution in [0.5, 0.6) is 11.5 Å². The molecule has 0 saturated carbocycles. The second kappa shape index (κ2) is 8.73. The van der Waals surface area contributed by atoms with Gasteiger partial charge in [-0.25, -0.2) is 0 Å². The molecule has 0 aliphatic heterocycles. The first kappa shape index (κ1) is 19.0. The highest BCUT2D eigenvalue weighted by Crippen LogP contribution is 2.23. The molecule has 0 spiro atoms. The number of benzene rings is 3. The molecule has 0 heterocycles. The Bertz CT molecular complexity index is 939. The molecule has 0 saturated heterocycles. The van der Waals surface area contributed by atoms with Crippen molar-refractivity contribution >= 4 is 23.2 Å². The molecule has 0 aromatic heterocycles. The monoisotopic (exact) mass is 375 g/mol. The van der Waals surface area contributed by atoms with Crippen LogP contribution >= 0.6 is 0 Å². The summed E-state index contributed by atoms with van der Waals surface area (Å²) >= 11 is 0. The zero-order valence-electron chi connectivity index (χ0n) is 15.4. The van der Waals surface area contributed by atoms with Gasteiger partial charge in [-0.3, -0.25) is 9.59 Å². The van der Waals surface area contributed by atoms with E-state index in [4.69, 9.17) is 10.5 Å². The van der Waals surface area contributed by atoms with Crippen LogP contribution in [-0.4, -0.2) is 17.9 Å². The molecule has 1 unspecified atom stereocenters. The summed E-state index contributed by atoms with van der Waals surface area (Å²) in [5.74, 6) is 0.769. The molecule has 0 fully saturated rings. The van der Waals surface area contributed by atoms with Gasteiger partial charge in [-0.1, -0.05) is 18.2 Å². The molecule has 3 aromatic rings. The van der Waals surface area contributed by atoms with E-state index < -0.39 is 11.9 Å².